The molecule has 28 heavy (non-hydrogen) atoms. The van der Waals surface area contributed by atoms with Gasteiger partial charge in [-0.3, -0.25) is 4.40 Å². The fourth-order valence-corrected chi connectivity index (χ4v) is 3.45. The zero-order valence-electron chi connectivity index (χ0n) is 16.8. The quantitative estimate of drug-likeness (QED) is 0.599. The minimum atomic E-state index is 0. The minimum absolute atomic E-state index is 0. The second kappa shape index (κ2) is 10.0. The van der Waals surface area contributed by atoms with Crippen LogP contribution in [0.3, 0.4) is 0 Å². The number of anilines is 1. The largest absolute Gasteiger partial charge is 1.00 e. The molecule has 3 heterocycles. The SMILES string of the molecule is C/C(=C/c1ccc(N[C@@H]2CCNC2)c2nnc(C)n12)[N-]Cc1ccccc1.[K+]. The molecule has 1 atom stereocenters. The van der Waals surface area contributed by atoms with Crippen molar-refractivity contribution in [2.45, 2.75) is 32.9 Å². The van der Waals surface area contributed by atoms with Gasteiger partial charge < -0.3 is 16.0 Å². The third-order valence-electron chi connectivity index (χ3n) is 4.88. The molecule has 0 unspecified atom stereocenters. The van der Waals surface area contributed by atoms with Crippen LogP contribution in [0, 0.1) is 6.92 Å². The molecule has 1 aliphatic heterocycles. The Hall–Kier alpha value is -1.22. The maximum atomic E-state index is 4.70. The number of rotatable bonds is 6. The van der Waals surface area contributed by atoms with Crippen LogP contribution < -0.4 is 62.0 Å². The van der Waals surface area contributed by atoms with E-state index in [1.165, 1.54) is 5.56 Å². The molecule has 140 valence electrons. The molecule has 3 aromatic rings. The zero-order chi connectivity index (χ0) is 18.6. The maximum Gasteiger partial charge on any atom is 1.00 e. The van der Waals surface area contributed by atoms with E-state index < -0.39 is 0 Å². The second-order valence-corrected chi connectivity index (χ2v) is 7.00. The maximum absolute atomic E-state index is 4.70. The van der Waals surface area contributed by atoms with Gasteiger partial charge >= 0.3 is 51.4 Å². The van der Waals surface area contributed by atoms with Gasteiger partial charge in [0, 0.05) is 18.3 Å². The van der Waals surface area contributed by atoms with Crippen LogP contribution in [0.5, 0.6) is 0 Å². The molecule has 0 amide bonds. The van der Waals surface area contributed by atoms with Crippen LogP contribution in [-0.2, 0) is 6.54 Å². The van der Waals surface area contributed by atoms with Crippen molar-refractivity contribution in [2.75, 3.05) is 18.4 Å². The Morgan fingerprint density at radius 2 is 2.07 bits per heavy atom. The summed E-state index contributed by atoms with van der Waals surface area (Å²) in [5.74, 6) is 0.875. The summed E-state index contributed by atoms with van der Waals surface area (Å²) < 4.78 is 2.09. The van der Waals surface area contributed by atoms with Gasteiger partial charge in [-0.1, -0.05) is 48.9 Å². The van der Waals surface area contributed by atoms with Crippen LogP contribution in [0.4, 0.5) is 5.69 Å². The van der Waals surface area contributed by atoms with Gasteiger partial charge in [0.05, 0.1) is 5.69 Å². The van der Waals surface area contributed by atoms with Crippen LogP contribution in [0.1, 0.15) is 30.4 Å². The third-order valence-corrected chi connectivity index (χ3v) is 4.88. The fourth-order valence-electron chi connectivity index (χ4n) is 3.45. The molecule has 0 aliphatic carbocycles. The van der Waals surface area contributed by atoms with E-state index in [1.807, 2.05) is 32.0 Å². The number of pyridine rings is 1. The summed E-state index contributed by atoms with van der Waals surface area (Å²) in [7, 11) is 0. The number of hydrogen-bond donors (Lipinski definition) is 2. The number of allylic oxidation sites excluding steroid dienone is 1. The molecule has 0 spiro atoms. The second-order valence-electron chi connectivity index (χ2n) is 7.00. The van der Waals surface area contributed by atoms with Crippen molar-refractivity contribution >= 4 is 17.4 Å². The molecule has 0 radical (unpaired) electrons. The number of hydrogen-bond acceptors (Lipinski definition) is 4. The Labute approximate surface area is 208 Å². The van der Waals surface area contributed by atoms with Gasteiger partial charge in [0.2, 0.25) is 0 Å². The molecule has 0 saturated carbocycles. The van der Waals surface area contributed by atoms with Crippen molar-refractivity contribution in [1.29, 1.82) is 0 Å². The van der Waals surface area contributed by atoms with E-state index in [9.17, 15) is 0 Å². The van der Waals surface area contributed by atoms with Crippen molar-refractivity contribution in [3.63, 3.8) is 0 Å². The summed E-state index contributed by atoms with van der Waals surface area (Å²) in [6, 6.07) is 14.9. The average Bonchev–Trinajstić information content (AvgIpc) is 3.33. The van der Waals surface area contributed by atoms with Crippen molar-refractivity contribution in [1.82, 2.24) is 19.9 Å². The third kappa shape index (κ3) is 5.03. The summed E-state index contributed by atoms with van der Waals surface area (Å²) in [4.78, 5) is 0. The van der Waals surface area contributed by atoms with E-state index in [0.717, 1.165) is 48.1 Å². The number of aryl methyl sites for hydroxylation is 1. The number of aromatic nitrogens is 3. The first-order chi connectivity index (χ1) is 13.2. The molecule has 7 heteroatoms. The molecule has 2 aromatic heterocycles. The summed E-state index contributed by atoms with van der Waals surface area (Å²) in [5, 5.41) is 20.4. The van der Waals surface area contributed by atoms with Gasteiger partial charge in [-0.15, -0.1) is 16.7 Å². The number of fused-ring (bicyclic) bond motifs is 1. The van der Waals surface area contributed by atoms with E-state index >= 15 is 0 Å². The van der Waals surface area contributed by atoms with Gasteiger partial charge in [-0.05, 0) is 32.0 Å². The predicted molar refractivity (Wildman–Crippen MR) is 110 cm³/mol. The van der Waals surface area contributed by atoms with Crippen LogP contribution >= 0.6 is 0 Å². The topological polar surface area (TPSA) is 68.3 Å². The minimum Gasteiger partial charge on any atom is -0.684 e. The monoisotopic (exact) mass is 400 g/mol. The Bertz CT molecular complexity index is 944. The molecule has 1 fully saturated rings. The van der Waals surface area contributed by atoms with E-state index in [2.05, 4.69) is 55.6 Å². The standard InChI is InChI=1S/C21H25N6.K/c1-15(23-13-17-6-4-3-5-7-17)12-19-8-9-20(24-18-10-11-22-14-18)21-26-25-16(2)27(19)21;/h3-9,12,18,22,24H,10-11,13-14H2,1-2H3;/q-1;+1/b15-12-;/t18-;/m1./s1. The van der Waals surface area contributed by atoms with Gasteiger partial charge in [0.15, 0.2) is 5.65 Å². The first-order valence-electron chi connectivity index (χ1n) is 9.42. The van der Waals surface area contributed by atoms with Crippen LogP contribution in [0.2, 0.25) is 0 Å². The molecule has 1 aromatic carbocycles. The Kier molecular flexibility index (Phi) is 7.67. The van der Waals surface area contributed by atoms with E-state index in [0.29, 0.717) is 12.6 Å². The van der Waals surface area contributed by atoms with Crippen molar-refractivity contribution in [2.24, 2.45) is 0 Å². The fraction of sp³-hybridized carbons (Fsp3) is 0.333. The summed E-state index contributed by atoms with van der Waals surface area (Å²) in [6.45, 7) is 6.74. The van der Waals surface area contributed by atoms with Gasteiger partial charge in [0.1, 0.15) is 5.82 Å². The summed E-state index contributed by atoms with van der Waals surface area (Å²) in [6.07, 6.45) is 3.21. The van der Waals surface area contributed by atoms with Gasteiger partial charge in [-0.2, -0.15) is 5.70 Å². The molecular weight excluding hydrogens is 375 g/mol. The molecular formula is C21H25KN6. The number of benzene rings is 1. The van der Waals surface area contributed by atoms with E-state index in [4.69, 9.17) is 5.32 Å². The average molecular weight is 401 g/mol. The van der Waals surface area contributed by atoms with Crippen LogP contribution in [0.15, 0.2) is 48.2 Å². The normalized spacial score (nSPS) is 16.8. The number of nitrogens with zero attached hydrogens (tertiary/aromatic N) is 4. The summed E-state index contributed by atoms with van der Waals surface area (Å²) in [5.41, 5.74) is 5.12. The summed E-state index contributed by atoms with van der Waals surface area (Å²) >= 11 is 0. The van der Waals surface area contributed by atoms with Crippen LogP contribution in [0.25, 0.3) is 17.0 Å². The Morgan fingerprint density at radius 3 is 2.82 bits per heavy atom. The molecule has 0 bridgehead atoms. The molecule has 6 nitrogen and oxygen atoms in total. The first-order valence-corrected chi connectivity index (χ1v) is 9.42. The van der Waals surface area contributed by atoms with Crippen molar-refractivity contribution in [3.05, 3.63) is 70.6 Å². The smallest absolute Gasteiger partial charge is 0.684 e. The first kappa shape index (κ1) is 21.5. The van der Waals surface area contributed by atoms with Crippen LogP contribution in [-0.4, -0.2) is 33.7 Å². The van der Waals surface area contributed by atoms with Crippen molar-refractivity contribution < 1.29 is 51.4 Å². The van der Waals surface area contributed by atoms with Crippen molar-refractivity contribution in [3.8, 4) is 0 Å². The predicted octanol–water partition coefficient (Wildman–Crippen LogP) is 0.750. The molecule has 1 saturated heterocycles. The zero-order valence-corrected chi connectivity index (χ0v) is 19.9. The van der Waals surface area contributed by atoms with Gasteiger partial charge in [0.25, 0.3) is 0 Å². The Balaban J connectivity index is 0.00000225. The molecule has 4 rings (SSSR count). The van der Waals surface area contributed by atoms with E-state index in [-0.39, 0.29) is 51.4 Å². The van der Waals surface area contributed by atoms with Gasteiger partial charge in [-0.25, -0.2) is 0 Å². The number of nitrogens with one attached hydrogen (secondary N) is 2. The molecule has 1 aliphatic rings. The molecule has 2 N–H and O–H groups in total. The van der Waals surface area contributed by atoms with E-state index in [1.54, 1.807) is 0 Å². The Morgan fingerprint density at radius 1 is 1.25 bits per heavy atom.